The summed E-state index contributed by atoms with van der Waals surface area (Å²) in [6.45, 7) is 5.64. The Morgan fingerprint density at radius 1 is 1.03 bits per heavy atom. The summed E-state index contributed by atoms with van der Waals surface area (Å²) in [7, 11) is 0. The van der Waals surface area contributed by atoms with Crippen LogP contribution in [0.2, 0.25) is 0 Å². The Kier molecular flexibility index (Phi) is 8.73. The van der Waals surface area contributed by atoms with Gasteiger partial charge in [0.25, 0.3) is 5.91 Å². The molecule has 0 spiro atoms. The van der Waals surface area contributed by atoms with E-state index in [0.717, 1.165) is 42.5 Å². The molecule has 0 saturated carbocycles. The van der Waals surface area contributed by atoms with Gasteiger partial charge in [-0.05, 0) is 68.7 Å². The molecule has 0 bridgehead atoms. The number of amides is 3. The molecule has 2 aromatic carbocycles. The maximum Gasteiger partial charge on any atom is 0.323 e. The quantitative estimate of drug-likeness (QED) is 0.440. The SMILES string of the molecule is CCOCCCNC(=O)c1cc(NC(=O)Nc2ccc(Br)cc2)ccc1N1CCCC1. The molecule has 0 unspecified atom stereocenters. The van der Waals surface area contributed by atoms with Crippen LogP contribution in [0.25, 0.3) is 0 Å². The van der Waals surface area contributed by atoms with Crippen molar-refractivity contribution in [1.82, 2.24) is 5.32 Å². The number of urea groups is 1. The van der Waals surface area contributed by atoms with Crippen LogP contribution < -0.4 is 20.9 Å². The van der Waals surface area contributed by atoms with Crippen LogP contribution in [-0.2, 0) is 4.74 Å². The van der Waals surface area contributed by atoms with Crippen molar-refractivity contribution in [3.8, 4) is 0 Å². The van der Waals surface area contributed by atoms with Gasteiger partial charge < -0.3 is 25.6 Å². The van der Waals surface area contributed by atoms with E-state index in [-0.39, 0.29) is 11.9 Å². The zero-order valence-corrected chi connectivity index (χ0v) is 19.3. The van der Waals surface area contributed by atoms with E-state index >= 15 is 0 Å². The van der Waals surface area contributed by atoms with E-state index in [4.69, 9.17) is 4.74 Å². The first-order chi connectivity index (χ1) is 15.1. The standard InChI is InChI=1S/C23H29BrN4O3/c1-2-31-15-5-12-25-22(29)20-16-19(10-11-21(20)28-13-3-4-14-28)27-23(30)26-18-8-6-17(24)7-9-18/h6-11,16H,2-5,12-15H2,1H3,(H,25,29)(H2,26,27,30). The van der Waals surface area contributed by atoms with Crippen molar-refractivity contribution in [1.29, 1.82) is 0 Å². The zero-order chi connectivity index (χ0) is 22.1. The Morgan fingerprint density at radius 3 is 2.42 bits per heavy atom. The Labute approximate surface area is 191 Å². The van der Waals surface area contributed by atoms with Crippen LogP contribution in [0.3, 0.4) is 0 Å². The maximum absolute atomic E-state index is 12.9. The van der Waals surface area contributed by atoms with E-state index in [0.29, 0.717) is 36.7 Å². The summed E-state index contributed by atoms with van der Waals surface area (Å²) in [6.07, 6.45) is 2.99. The summed E-state index contributed by atoms with van der Waals surface area (Å²) in [4.78, 5) is 27.5. The Morgan fingerprint density at radius 2 is 1.71 bits per heavy atom. The third kappa shape index (κ3) is 6.97. The minimum Gasteiger partial charge on any atom is -0.382 e. The molecule has 3 rings (SSSR count). The normalized spacial score (nSPS) is 13.2. The summed E-state index contributed by atoms with van der Waals surface area (Å²) >= 11 is 3.37. The number of nitrogens with zero attached hydrogens (tertiary/aromatic N) is 1. The molecule has 2 aromatic rings. The molecule has 1 aliphatic heterocycles. The molecule has 166 valence electrons. The number of carbonyl (C=O) groups excluding carboxylic acids is 2. The number of benzene rings is 2. The number of nitrogens with one attached hydrogen (secondary N) is 3. The number of halogens is 1. The highest BCUT2D eigenvalue weighted by atomic mass is 79.9. The molecular weight excluding hydrogens is 460 g/mol. The van der Waals surface area contributed by atoms with Gasteiger partial charge >= 0.3 is 6.03 Å². The molecule has 1 aliphatic rings. The van der Waals surface area contributed by atoms with E-state index in [1.54, 1.807) is 18.2 Å². The summed E-state index contributed by atoms with van der Waals surface area (Å²) in [5.41, 5.74) is 2.72. The van der Waals surface area contributed by atoms with Gasteiger partial charge in [0.05, 0.1) is 5.56 Å². The molecule has 1 fully saturated rings. The lowest BCUT2D eigenvalue weighted by Gasteiger charge is -2.22. The van der Waals surface area contributed by atoms with E-state index in [1.165, 1.54) is 0 Å². The van der Waals surface area contributed by atoms with E-state index in [1.807, 2.05) is 31.2 Å². The number of rotatable bonds is 9. The van der Waals surface area contributed by atoms with Gasteiger partial charge in [-0.25, -0.2) is 4.79 Å². The summed E-state index contributed by atoms with van der Waals surface area (Å²) in [6, 6.07) is 12.5. The average Bonchev–Trinajstić information content (AvgIpc) is 3.30. The van der Waals surface area contributed by atoms with Crippen molar-refractivity contribution >= 4 is 44.9 Å². The molecule has 31 heavy (non-hydrogen) atoms. The largest absolute Gasteiger partial charge is 0.382 e. The fourth-order valence-corrected chi connectivity index (χ4v) is 3.74. The monoisotopic (exact) mass is 488 g/mol. The van der Waals surface area contributed by atoms with Gasteiger partial charge in [-0.15, -0.1) is 0 Å². The van der Waals surface area contributed by atoms with Crippen molar-refractivity contribution in [3.05, 3.63) is 52.5 Å². The molecule has 3 amide bonds. The van der Waals surface area contributed by atoms with Gasteiger partial charge in [-0.1, -0.05) is 15.9 Å². The number of hydrogen-bond acceptors (Lipinski definition) is 4. The lowest BCUT2D eigenvalue weighted by molar-refractivity contribution is 0.0944. The molecule has 3 N–H and O–H groups in total. The minimum atomic E-state index is -0.362. The van der Waals surface area contributed by atoms with Crippen molar-refractivity contribution in [2.24, 2.45) is 0 Å². The minimum absolute atomic E-state index is 0.143. The average molecular weight is 489 g/mol. The predicted octanol–water partition coefficient (Wildman–Crippen LogP) is 4.85. The molecule has 8 heteroatoms. The second-order valence-corrected chi connectivity index (χ2v) is 8.23. The predicted molar refractivity (Wildman–Crippen MR) is 128 cm³/mol. The second-order valence-electron chi connectivity index (χ2n) is 7.32. The van der Waals surface area contributed by atoms with Gasteiger partial charge in [-0.3, -0.25) is 4.79 Å². The molecule has 0 atom stereocenters. The number of hydrogen-bond donors (Lipinski definition) is 3. The van der Waals surface area contributed by atoms with E-state index < -0.39 is 0 Å². The van der Waals surface area contributed by atoms with Crippen molar-refractivity contribution in [2.75, 3.05) is 48.4 Å². The molecule has 0 aromatic heterocycles. The van der Waals surface area contributed by atoms with Gasteiger partial charge in [0.1, 0.15) is 0 Å². The first-order valence-electron chi connectivity index (χ1n) is 10.7. The lowest BCUT2D eigenvalue weighted by Crippen LogP contribution is -2.29. The van der Waals surface area contributed by atoms with Crippen LogP contribution in [-0.4, -0.2) is 44.8 Å². The molecule has 7 nitrogen and oxygen atoms in total. The molecule has 0 radical (unpaired) electrons. The number of carbonyl (C=O) groups is 2. The van der Waals surface area contributed by atoms with Crippen molar-refractivity contribution in [3.63, 3.8) is 0 Å². The van der Waals surface area contributed by atoms with E-state index in [9.17, 15) is 9.59 Å². The van der Waals surface area contributed by atoms with Crippen LogP contribution in [0.1, 0.15) is 36.5 Å². The Hall–Kier alpha value is -2.58. The summed E-state index contributed by atoms with van der Waals surface area (Å²) in [5.74, 6) is -0.143. The van der Waals surface area contributed by atoms with Crippen molar-refractivity contribution in [2.45, 2.75) is 26.2 Å². The van der Waals surface area contributed by atoms with E-state index in [2.05, 4.69) is 36.8 Å². The van der Waals surface area contributed by atoms with Crippen molar-refractivity contribution < 1.29 is 14.3 Å². The first-order valence-corrected chi connectivity index (χ1v) is 11.4. The highest BCUT2D eigenvalue weighted by Gasteiger charge is 2.20. The smallest absolute Gasteiger partial charge is 0.323 e. The van der Waals surface area contributed by atoms with Gasteiger partial charge in [-0.2, -0.15) is 0 Å². The second kappa shape index (κ2) is 11.7. The van der Waals surface area contributed by atoms with Crippen LogP contribution in [0.5, 0.6) is 0 Å². The Bertz CT molecular complexity index is 883. The third-order valence-corrected chi connectivity index (χ3v) is 5.53. The summed E-state index contributed by atoms with van der Waals surface area (Å²) < 4.78 is 6.27. The first kappa shape index (κ1) is 23.1. The van der Waals surface area contributed by atoms with Crippen LogP contribution in [0, 0.1) is 0 Å². The highest BCUT2D eigenvalue weighted by Crippen LogP contribution is 2.28. The Balaban J connectivity index is 1.69. The number of anilines is 3. The topological polar surface area (TPSA) is 82.7 Å². The van der Waals surface area contributed by atoms with Crippen LogP contribution in [0.15, 0.2) is 46.9 Å². The maximum atomic E-state index is 12.9. The van der Waals surface area contributed by atoms with Crippen LogP contribution >= 0.6 is 15.9 Å². The van der Waals surface area contributed by atoms with Gasteiger partial charge in [0, 0.05) is 54.4 Å². The molecular formula is C23H29BrN4O3. The van der Waals surface area contributed by atoms with Crippen LogP contribution in [0.4, 0.5) is 21.9 Å². The van der Waals surface area contributed by atoms with Gasteiger partial charge in [0.2, 0.25) is 0 Å². The number of ether oxygens (including phenoxy) is 1. The zero-order valence-electron chi connectivity index (χ0n) is 17.7. The van der Waals surface area contributed by atoms with Gasteiger partial charge in [0.15, 0.2) is 0 Å². The fraction of sp³-hybridized carbons (Fsp3) is 0.391. The molecule has 1 heterocycles. The summed E-state index contributed by atoms with van der Waals surface area (Å²) in [5, 5.41) is 8.58. The fourth-order valence-electron chi connectivity index (χ4n) is 3.47. The highest BCUT2D eigenvalue weighted by molar-refractivity contribution is 9.10. The lowest BCUT2D eigenvalue weighted by atomic mass is 10.1. The molecule has 0 aliphatic carbocycles. The molecule has 1 saturated heterocycles. The third-order valence-electron chi connectivity index (χ3n) is 5.00.